The lowest BCUT2D eigenvalue weighted by molar-refractivity contribution is -0.0493. The lowest BCUT2D eigenvalue weighted by atomic mass is 9.72. The summed E-state index contributed by atoms with van der Waals surface area (Å²) in [6, 6.07) is 28.2. The van der Waals surface area contributed by atoms with Gasteiger partial charge in [-0.05, 0) is 84.1 Å². The molecule has 0 N–H and O–H groups in total. The van der Waals surface area contributed by atoms with Crippen molar-refractivity contribution in [2.45, 2.75) is 44.8 Å². The zero-order chi connectivity index (χ0) is 26.3. The van der Waals surface area contributed by atoms with Crippen LogP contribution in [0, 0.1) is 11.8 Å². The van der Waals surface area contributed by atoms with Crippen LogP contribution in [0.2, 0.25) is 0 Å². The zero-order valence-corrected chi connectivity index (χ0v) is 22.8. The monoisotopic (exact) mass is 516 g/mol. The van der Waals surface area contributed by atoms with Crippen LogP contribution in [0.1, 0.15) is 44.3 Å². The van der Waals surface area contributed by atoms with Crippen LogP contribution >= 0.6 is 0 Å². The van der Waals surface area contributed by atoms with Gasteiger partial charge in [0.2, 0.25) is 0 Å². The topological polar surface area (TPSA) is 34.6 Å². The molecule has 0 amide bonds. The van der Waals surface area contributed by atoms with Crippen molar-refractivity contribution in [3.8, 4) is 11.5 Å². The highest BCUT2D eigenvalue weighted by Gasteiger charge is 2.44. The Morgan fingerprint density at radius 2 is 1.74 bits per heavy atom. The van der Waals surface area contributed by atoms with Crippen molar-refractivity contribution < 1.29 is 9.47 Å². The van der Waals surface area contributed by atoms with Crippen molar-refractivity contribution in [3.05, 3.63) is 90.6 Å². The molecule has 5 aromatic rings. The number of piperidine rings is 3. The van der Waals surface area contributed by atoms with E-state index in [2.05, 4.69) is 84.6 Å². The number of nitrogens with zero attached hydrogens (tertiary/aromatic N) is 2. The van der Waals surface area contributed by atoms with Crippen molar-refractivity contribution in [2.24, 2.45) is 11.8 Å². The fraction of sp³-hybridized carbons (Fsp3) is 0.343. The Kier molecular flexibility index (Phi) is 6.36. The van der Waals surface area contributed by atoms with E-state index in [1.54, 1.807) is 7.11 Å². The van der Waals surface area contributed by atoms with E-state index in [0.717, 1.165) is 46.2 Å². The van der Waals surface area contributed by atoms with Crippen LogP contribution in [0.25, 0.3) is 32.4 Å². The second-order valence-corrected chi connectivity index (χ2v) is 11.4. The van der Waals surface area contributed by atoms with E-state index in [1.807, 2.05) is 12.3 Å². The Balaban J connectivity index is 1.39. The van der Waals surface area contributed by atoms with Gasteiger partial charge in [0.1, 0.15) is 17.6 Å². The Labute approximate surface area is 230 Å². The van der Waals surface area contributed by atoms with Crippen LogP contribution in [-0.2, 0) is 0 Å². The molecule has 1 unspecified atom stereocenters. The van der Waals surface area contributed by atoms with Gasteiger partial charge in [0.05, 0.1) is 18.7 Å². The first-order chi connectivity index (χ1) is 19.2. The number of pyridine rings is 1. The van der Waals surface area contributed by atoms with Gasteiger partial charge in [-0.25, -0.2) is 0 Å². The third-order valence-corrected chi connectivity index (χ3v) is 9.22. The third kappa shape index (κ3) is 4.31. The van der Waals surface area contributed by atoms with E-state index >= 15 is 0 Å². The van der Waals surface area contributed by atoms with Gasteiger partial charge in [-0.3, -0.25) is 9.88 Å². The average molecular weight is 517 g/mol. The second kappa shape index (κ2) is 10.2. The highest BCUT2D eigenvalue weighted by Crippen LogP contribution is 2.46. The number of rotatable bonds is 7. The standard InChI is InChI=1S/C35H36N2O2/c1-3-8-25-22-37-18-16-23(25)19-33(37)35(30-15-17-36-32-14-13-26(38-2)21-31(30)32)39-34-20-24-9-4-5-10-27(24)28-11-6-7-12-29(28)34/h4-7,9-15,17,20-21,23,25,33,35H,3,8,16,18-19,22H2,1-2H3/t23-,25-,33+,35-/m0/s1. The molecular weight excluding hydrogens is 480 g/mol. The third-order valence-electron chi connectivity index (χ3n) is 9.22. The molecule has 3 fully saturated rings. The highest BCUT2D eigenvalue weighted by molar-refractivity contribution is 6.10. The summed E-state index contributed by atoms with van der Waals surface area (Å²) in [6.45, 7) is 4.65. The molecule has 0 saturated carbocycles. The Morgan fingerprint density at radius 3 is 2.54 bits per heavy atom. The second-order valence-electron chi connectivity index (χ2n) is 11.4. The number of hydrogen-bond acceptors (Lipinski definition) is 4. The Morgan fingerprint density at radius 1 is 0.923 bits per heavy atom. The van der Waals surface area contributed by atoms with Gasteiger partial charge >= 0.3 is 0 Å². The first kappa shape index (κ1) is 24.4. The van der Waals surface area contributed by atoms with Gasteiger partial charge in [-0.2, -0.15) is 0 Å². The van der Waals surface area contributed by atoms with E-state index in [1.165, 1.54) is 54.0 Å². The largest absolute Gasteiger partial charge is 0.497 e. The molecule has 0 aliphatic carbocycles. The van der Waals surface area contributed by atoms with Crippen LogP contribution in [0.5, 0.6) is 11.5 Å². The molecule has 198 valence electrons. The summed E-state index contributed by atoms with van der Waals surface area (Å²) < 4.78 is 12.9. The molecule has 4 aromatic carbocycles. The van der Waals surface area contributed by atoms with Crippen LogP contribution < -0.4 is 9.47 Å². The molecule has 1 aromatic heterocycles. The number of benzene rings is 4. The number of ether oxygens (including phenoxy) is 2. The molecule has 3 aliphatic heterocycles. The van der Waals surface area contributed by atoms with Crippen LogP contribution in [0.3, 0.4) is 0 Å². The van der Waals surface area contributed by atoms with Gasteiger partial charge in [-0.15, -0.1) is 0 Å². The Hall–Kier alpha value is -3.63. The minimum atomic E-state index is -0.113. The minimum Gasteiger partial charge on any atom is -0.497 e. The van der Waals surface area contributed by atoms with Gasteiger partial charge in [0, 0.05) is 29.1 Å². The van der Waals surface area contributed by atoms with E-state index in [4.69, 9.17) is 14.5 Å². The summed E-state index contributed by atoms with van der Waals surface area (Å²) in [4.78, 5) is 7.43. The molecular formula is C35H36N2O2. The number of methoxy groups -OCH3 is 1. The number of hydrogen-bond donors (Lipinski definition) is 0. The maximum Gasteiger partial charge on any atom is 0.140 e. The quantitative estimate of drug-likeness (QED) is 0.204. The van der Waals surface area contributed by atoms with E-state index in [-0.39, 0.29) is 6.10 Å². The molecule has 39 heavy (non-hydrogen) atoms. The average Bonchev–Trinajstić information content (AvgIpc) is 3.00. The molecule has 8 rings (SSSR count). The van der Waals surface area contributed by atoms with Crippen LogP contribution in [0.15, 0.2) is 85.1 Å². The number of fused-ring (bicyclic) bond motifs is 7. The normalized spacial score (nSPS) is 23.3. The van der Waals surface area contributed by atoms with Crippen LogP contribution in [-0.4, -0.2) is 36.1 Å². The van der Waals surface area contributed by atoms with Crippen molar-refractivity contribution in [3.63, 3.8) is 0 Å². The maximum atomic E-state index is 7.28. The smallest absolute Gasteiger partial charge is 0.140 e. The van der Waals surface area contributed by atoms with Crippen molar-refractivity contribution in [2.75, 3.05) is 20.2 Å². The first-order valence-electron chi connectivity index (χ1n) is 14.5. The summed E-state index contributed by atoms with van der Waals surface area (Å²) in [6.07, 6.45) is 6.89. The lowest BCUT2D eigenvalue weighted by Crippen LogP contribution is -2.56. The molecule has 0 radical (unpaired) electrons. The predicted octanol–water partition coefficient (Wildman–Crippen LogP) is 8.18. The number of aromatic nitrogens is 1. The van der Waals surface area contributed by atoms with Crippen molar-refractivity contribution in [1.82, 2.24) is 9.88 Å². The molecule has 4 heteroatoms. The summed E-state index contributed by atoms with van der Waals surface area (Å²) in [5.74, 6) is 3.37. The molecule has 5 atom stereocenters. The van der Waals surface area contributed by atoms with Gasteiger partial charge in [-0.1, -0.05) is 61.9 Å². The molecule has 4 heterocycles. The fourth-order valence-corrected chi connectivity index (χ4v) is 7.32. The molecule has 0 spiro atoms. The summed E-state index contributed by atoms with van der Waals surface area (Å²) in [7, 11) is 1.73. The van der Waals surface area contributed by atoms with Gasteiger partial charge < -0.3 is 9.47 Å². The van der Waals surface area contributed by atoms with Gasteiger partial charge in [0.15, 0.2) is 0 Å². The summed E-state index contributed by atoms with van der Waals surface area (Å²) in [5, 5.41) is 5.98. The molecule has 3 aliphatic rings. The van der Waals surface area contributed by atoms with E-state index in [9.17, 15) is 0 Å². The minimum absolute atomic E-state index is 0.113. The SMILES string of the molecule is CCC[C@H]1CN2CC[C@H]1C[C@@H]2[C@@H](Oc1cc2ccccc2c2ccccc12)c1ccnc2ccc(OC)cc12. The zero-order valence-electron chi connectivity index (χ0n) is 22.8. The molecule has 4 nitrogen and oxygen atoms in total. The first-order valence-corrected chi connectivity index (χ1v) is 14.5. The van der Waals surface area contributed by atoms with Crippen molar-refractivity contribution in [1.29, 1.82) is 0 Å². The maximum absolute atomic E-state index is 7.28. The van der Waals surface area contributed by atoms with E-state index in [0.29, 0.717) is 6.04 Å². The molecule has 2 bridgehead atoms. The molecule has 3 saturated heterocycles. The van der Waals surface area contributed by atoms with Crippen LogP contribution in [0.4, 0.5) is 0 Å². The van der Waals surface area contributed by atoms with Gasteiger partial charge in [0.25, 0.3) is 0 Å². The fourth-order valence-electron chi connectivity index (χ4n) is 7.32. The van der Waals surface area contributed by atoms with E-state index < -0.39 is 0 Å². The Bertz CT molecular complexity index is 1650. The summed E-state index contributed by atoms with van der Waals surface area (Å²) in [5.41, 5.74) is 2.17. The predicted molar refractivity (Wildman–Crippen MR) is 160 cm³/mol. The lowest BCUT2D eigenvalue weighted by Gasteiger charge is -2.52. The summed E-state index contributed by atoms with van der Waals surface area (Å²) >= 11 is 0. The highest BCUT2D eigenvalue weighted by atomic mass is 16.5. The van der Waals surface area contributed by atoms with Crippen molar-refractivity contribution >= 4 is 32.4 Å².